The van der Waals surface area contributed by atoms with Crippen LogP contribution in [0, 0.1) is 20.8 Å². The van der Waals surface area contributed by atoms with E-state index in [2.05, 4.69) is 4.18 Å². The first-order chi connectivity index (χ1) is 6.40. The highest BCUT2D eigenvalue weighted by Crippen LogP contribution is 2.23. The number of benzene rings is 1. The normalized spacial score (nSPS) is 11.7. The van der Waals surface area contributed by atoms with Crippen LogP contribution in [-0.4, -0.2) is 15.5 Å². The maximum absolute atomic E-state index is 11.6. The molecular weight excluding hydrogens is 200 g/mol. The van der Waals surface area contributed by atoms with Crippen molar-refractivity contribution in [2.45, 2.75) is 25.7 Å². The highest BCUT2D eigenvalue weighted by Gasteiger charge is 2.19. The molecule has 78 valence electrons. The average molecular weight is 214 g/mol. The predicted octanol–water partition coefficient (Wildman–Crippen LogP) is 1.95. The molecular formula is C10H14O3S. The van der Waals surface area contributed by atoms with Crippen LogP contribution >= 0.6 is 0 Å². The third-order valence-corrected chi connectivity index (χ3v) is 3.91. The van der Waals surface area contributed by atoms with E-state index in [4.69, 9.17) is 0 Å². The molecule has 14 heavy (non-hydrogen) atoms. The van der Waals surface area contributed by atoms with Crippen LogP contribution in [0.2, 0.25) is 0 Å². The molecule has 1 rings (SSSR count). The van der Waals surface area contributed by atoms with Crippen molar-refractivity contribution in [3.63, 3.8) is 0 Å². The third kappa shape index (κ3) is 1.81. The summed E-state index contributed by atoms with van der Waals surface area (Å²) in [5.74, 6) is 0. The van der Waals surface area contributed by atoms with Crippen molar-refractivity contribution in [3.8, 4) is 0 Å². The number of aryl methyl sites for hydroxylation is 2. The second-order valence-corrected chi connectivity index (χ2v) is 4.92. The van der Waals surface area contributed by atoms with Gasteiger partial charge in [0.15, 0.2) is 0 Å². The molecule has 0 aliphatic carbocycles. The molecule has 0 aliphatic rings. The summed E-state index contributed by atoms with van der Waals surface area (Å²) in [6.45, 7) is 5.43. The monoisotopic (exact) mass is 214 g/mol. The molecule has 3 nitrogen and oxygen atoms in total. The molecule has 0 aromatic heterocycles. The van der Waals surface area contributed by atoms with Crippen LogP contribution in [0.25, 0.3) is 0 Å². The first-order valence-electron chi connectivity index (χ1n) is 4.27. The second kappa shape index (κ2) is 3.71. The molecule has 4 heteroatoms. The largest absolute Gasteiger partial charge is 0.297 e. The topological polar surface area (TPSA) is 43.4 Å². The Balaban J connectivity index is 3.56. The van der Waals surface area contributed by atoms with E-state index in [0.717, 1.165) is 16.7 Å². The Hall–Kier alpha value is -0.870. The smallest absolute Gasteiger partial charge is 0.270 e. The lowest BCUT2D eigenvalue weighted by atomic mass is 10.1. The molecule has 0 spiro atoms. The van der Waals surface area contributed by atoms with Gasteiger partial charge in [-0.15, -0.1) is 0 Å². The average Bonchev–Trinajstić information content (AvgIpc) is 2.12. The van der Waals surface area contributed by atoms with Crippen molar-refractivity contribution in [2.24, 2.45) is 0 Å². The zero-order chi connectivity index (χ0) is 10.9. The highest BCUT2D eigenvalue weighted by atomic mass is 32.2. The van der Waals surface area contributed by atoms with E-state index in [1.54, 1.807) is 19.9 Å². The van der Waals surface area contributed by atoms with Gasteiger partial charge >= 0.3 is 0 Å². The van der Waals surface area contributed by atoms with Crippen molar-refractivity contribution in [2.75, 3.05) is 7.11 Å². The number of hydrogen-bond donors (Lipinski definition) is 0. The van der Waals surface area contributed by atoms with Gasteiger partial charge < -0.3 is 0 Å². The first-order valence-corrected chi connectivity index (χ1v) is 5.68. The molecule has 0 radical (unpaired) electrons. The van der Waals surface area contributed by atoms with Gasteiger partial charge in [-0.3, -0.25) is 4.18 Å². The summed E-state index contributed by atoms with van der Waals surface area (Å²) < 4.78 is 27.7. The van der Waals surface area contributed by atoms with Crippen molar-refractivity contribution < 1.29 is 12.6 Å². The zero-order valence-corrected chi connectivity index (χ0v) is 9.60. The lowest BCUT2D eigenvalue weighted by Gasteiger charge is -2.10. The standard InChI is InChI=1S/C10H14O3S/c1-7-5-6-8(2)10(9(7)3)14(11,12)13-4/h5-6H,1-4H3. The molecule has 0 saturated carbocycles. The minimum absolute atomic E-state index is 0.292. The summed E-state index contributed by atoms with van der Waals surface area (Å²) in [7, 11) is -2.40. The molecule has 0 unspecified atom stereocenters. The van der Waals surface area contributed by atoms with E-state index in [-0.39, 0.29) is 0 Å². The van der Waals surface area contributed by atoms with Crippen molar-refractivity contribution in [1.29, 1.82) is 0 Å². The van der Waals surface area contributed by atoms with E-state index in [9.17, 15) is 8.42 Å². The Morgan fingerprint density at radius 2 is 1.57 bits per heavy atom. The maximum atomic E-state index is 11.6. The van der Waals surface area contributed by atoms with E-state index in [1.165, 1.54) is 7.11 Å². The van der Waals surface area contributed by atoms with Crippen LogP contribution in [0.5, 0.6) is 0 Å². The van der Waals surface area contributed by atoms with Gasteiger partial charge in [0, 0.05) is 0 Å². The van der Waals surface area contributed by atoms with Crippen LogP contribution in [0.15, 0.2) is 17.0 Å². The summed E-state index contributed by atoms with van der Waals surface area (Å²) in [6, 6.07) is 3.69. The van der Waals surface area contributed by atoms with E-state index < -0.39 is 10.1 Å². The van der Waals surface area contributed by atoms with Gasteiger partial charge in [0.2, 0.25) is 0 Å². The van der Waals surface area contributed by atoms with Gasteiger partial charge in [0.05, 0.1) is 7.11 Å². The Kier molecular flexibility index (Phi) is 2.97. The molecule has 0 fully saturated rings. The highest BCUT2D eigenvalue weighted by molar-refractivity contribution is 7.86. The molecule has 1 aromatic carbocycles. The van der Waals surface area contributed by atoms with Crippen LogP contribution in [-0.2, 0) is 14.3 Å². The minimum Gasteiger partial charge on any atom is -0.270 e. The quantitative estimate of drug-likeness (QED) is 0.707. The molecule has 0 heterocycles. The lowest BCUT2D eigenvalue weighted by molar-refractivity contribution is 0.397. The predicted molar refractivity (Wildman–Crippen MR) is 54.8 cm³/mol. The minimum atomic E-state index is -3.58. The van der Waals surface area contributed by atoms with Crippen molar-refractivity contribution in [3.05, 3.63) is 28.8 Å². The van der Waals surface area contributed by atoms with Crippen LogP contribution in [0.3, 0.4) is 0 Å². The Morgan fingerprint density at radius 1 is 1.07 bits per heavy atom. The van der Waals surface area contributed by atoms with E-state index in [1.807, 2.05) is 13.0 Å². The first kappa shape index (κ1) is 11.2. The summed E-state index contributed by atoms with van der Waals surface area (Å²) in [5, 5.41) is 0. The van der Waals surface area contributed by atoms with Gasteiger partial charge in [-0.25, -0.2) is 0 Å². The Bertz CT molecular complexity index is 447. The van der Waals surface area contributed by atoms with E-state index >= 15 is 0 Å². The number of rotatable bonds is 2. The van der Waals surface area contributed by atoms with Gasteiger partial charge in [-0.05, 0) is 37.5 Å². The summed E-state index contributed by atoms with van der Waals surface area (Å²) in [5.41, 5.74) is 2.42. The Morgan fingerprint density at radius 3 is 2.07 bits per heavy atom. The molecule has 0 bridgehead atoms. The summed E-state index contributed by atoms with van der Waals surface area (Å²) in [4.78, 5) is 0.292. The SMILES string of the molecule is COS(=O)(=O)c1c(C)ccc(C)c1C. The number of hydrogen-bond acceptors (Lipinski definition) is 3. The van der Waals surface area contributed by atoms with Crippen LogP contribution in [0.1, 0.15) is 16.7 Å². The van der Waals surface area contributed by atoms with Gasteiger partial charge in [0.1, 0.15) is 4.90 Å². The van der Waals surface area contributed by atoms with Crippen molar-refractivity contribution >= 4 is 10.1 Å². The molecule has 0 atom stereocenters. The third-order valence-electron chi connectivity index (χ3n) is 2.34. The Labute approximate surface area is 84.8 Å². The fourth-order valence-corrected chi connectivity index (χ4v) is 2.56. The molecule has 0 aliphatic heterocycles. The molecule has 1 aromatic rings. The molecule has 0 N–H and O–H groups in total. The van der Waals surface area contributed by atoms with Crippen molar-refractivity contribution in [1.82, 2.24) is 0 Å². The second-order valence-electron chi connectivity index (χ2n) is 3.27. The fourth-order valence-electron chi connectivity index (χ4n) is 1.39. The zero-order valence-electron chi connectivity index (χ0n) is 8.79. The summed E-state index contributed by atoms with van der Waals surface area (Å²) in [6.07, 6.45) is 0. The van der Waals surface area contributed by atoms with Gasteiger partial charge in [-0.1, -0.05) is 12.1 Å². The van der Waals surface area contributed by atoms with Crippen LogP contribution < -0.4 is 0 Å². The summed E-state index contributed by atoms with van der Waals surface area (Å²) >= 11 is 0. The van der Waals surface area contributed by atoms with Gasteiger partial charge in [0.25, 0.3) is 10.1 Å². The van der Waals surface area contributed by atoms with Gasteiger partial charge in [-0.2, -0.15) is 8.42 Å². The molecule has 0 saturated heterocycles. The lowest BCUT2D eigenvalue weighted by Crippen LogP contribution is -2.08. The fraction of sp³-hybridized carbons (Fsp3) is 0.400. The van der Waals surface area contributed by atoms with E-state index in [0.29, 0.717) is 4.90 Å². The van der Waals surface area contributed by atoms with Crippen LogP contribution in [0.4, 0.5) is 0 Å². The maximum Gasteiger partial charge on any atom is 0.297 e. The molecule has 0 amide bonds.